The molecule has 2 unspecified atom stereocenters. The molecular formula is C15H22ClNO3. The van der Waals surface area contributed by atoms with E-state index >= 15 is 0 Å². The fourth-order valence-corrected chi connectivity index (χ4v) is 2.39. The van der Waals surface area contributed by atoms with Gasteiger partial charge in [0, 0.05) is 13.0 Å². The largest absolute Gasteiger partial charge is 0.489 e. The van der Waals surface area contributed by atoms with Crippen molar-refractivity contribution in [3.05, 3.63) is 29.8 Å². The highest BCUT2D eigenvalue weighted by Crippen LogP contribution is 2.23. The van der Waals surface area contributed by atoms with Crippen LogP contribution in [0, 0.1) is 0 Å². The maximum Gasteiger partial charge on any atom is 0.323 e. The molecule has 1 N–H and O–H groups in total. The number of aryl methyl sites for hydroxylation is 1. The number of esters is 1. The lowest BCUT2D eigenvalue weighted by molar-refractivity contribution is -0.142. The SMILES string of the molecule is CCCc1ccccc1OC1CNC(C(=O)OC)C1.Cl. The van der Waals surface area contributed by atoms with E-state index in [1.807, 2.05) is 18.2 Å². The molecule has 5 heteroatoms. The van der Waals surface area contributed by atoms with E-state index in [4.69, 9.17) is 9.47 Å². The molecule has 0 bridgehead atoms. The van der Waals surface area contributed by atoms with Crippen molar-refractivity contribution in [2.45, 2.75) is 38.3 Å². The molecule has 0 aliphatic carbocycles. The van der Waals surface area contributed by atoms with E-state index in [0.717, 1.165) is 18.6 Å². The first-order valence-electron chi connectivity index (χ1n) is 6.80. The Hall–Kier alpha value is -1.26. The van der Waals surface area contributed by atoms with Crippen molar-refractivity contribution in [1.82, 2.24) is 5.32 Å². The van der Waals surface area contributed by atoms with Crippen molar-refractivity contribution >= 4 is 18.4 Å². The fraction of sp³-hybridized carbons (Fsp3) is 0.533. The molecule has 112 valence electrons. The second kappa shape index (κ2) is 8.12. The number of benzene rings is 1. The summed E-state index contributed by atoms with van der Waals surface area (Å²) in [6.45, 7) is 2.83. The summed E-state index contributed by atoms with van der Waals surface area (Å²) in [6.07, 6.45) is 2.79. The Bertz CT molecular complexity index is 439. The number of methoxy groups -OCH3 is 1. The molecule has 0 aromatic heterocycles. The van der Waals surface area contributed by atoms with Crippen LogP contribution in [0.1, 0.15) is 25.3 Å². The summed E-state index contributed by atoms with van der Waals surface area (Å²) in [5.74, 6) is 0.717. The van der Waals surface area contributed by atoms with Crippen molar-refractivity contribution in [2.75, 3.05) is 13.7 Å². The van der Waals surface area contributed by atoms with E-state index in [-0.39, 0.29) is 30.5 Å². The average molecular weight is 300 g/mol. The number of carbonyl (C=O) groups is 1. The molecule has 1 fully saturated rings. The van der Waals surface area contributed by atoms with Gasteiger partial charge in [-0.05, 0) is 18.1 Å². The summed E-state index contributed by atoms with van der Waals surface area (Å²) in [4.78, 5) is 11.4. The molecular weight excluding hydrogens is 278 g/mol. The van der Waals surface area contributed by atoms with Gasteiger partial charge in [-0.2, -0.15) is 0 Å². The number of hydrogen-bond donors (Lipinski definition) is 1. The molecule has 0 radical (unpaired) electrons. The number of nitrogens with one attached hydrogen (secondary N) is 1. The first kappa shape index (κ1) is 16.8. The van der Waals surface area contributed by atoms with E-state index in [1.165, 1.54) is 12.7 Å². The van der Waals surface area contributed by atoms with E-state index in [9.17, 15) is 4.79 Å². The molecule has 2 atom stereocenters. The monoisotopic (exact) mass is 299 g/mol. The van der Waals surface area contributed by atoms with Crippen LogP contribution >= 0.6 is 12.4 Å². The lowest BCUT2D eigenvalue weighted by atomic mass is 10.1. The molecule has 0 saturated carbocycles. The predicted molar refractivity (Wildman–Crippen MR) is 80.5 cm³/mol. The second-order valence-corrected chi connectivity index (χ2v) is 4.82. The molecule has 4 nitrogen and oxygen atoms in total. The highest BCUT2D eigenvalue weighted by atomic mass is 35.5. The third-order valence-corrected chi connectivity index (χ3v) is 3.36. The highest BCUT2D eigenvalue weighted by molar-refractivity contribution is 5.85. The van der Waals surface area contributed by atoms with Crippen molar-refractivity contribution in [3.63, 3.8) is 0 Å². The van der Waals surface area contributed by atoms with Gasteiger partial charge >= 0.3 is 5.97 Å². The summed E-state index contributed by atoms with van der Waals surface area (Å²) in [6, 6.07) is 7.86. The first-order valence-corrected chi connectivity index (χ1v) is 6.80. The van der Waals surface area contributed by atoms with E-state index in [2.05, 4.69) is 18.3 Å². The van der Waals surface area contributed by atoms with Crippen molar-refractivity contribution in [1.29, 1.82) is 0 Å². The third kappa shape index (κ3) is 4.12. The molecule has 1 heterocycles. The van der Waals surface area contributed by atoms with Crippen LogP contribution in [0.15, 0.2) is 24.3 Å². The quantitative estimate of drug-likeness (QED) is 0.848. The van der Waals surface area contributed by atoms with Crippen LogP contribution in [-0.4, -0.2) is 31.8 Å². The maximum absolute atomic E-state index is 11.4. The van der Waals surface area contributed by atoms with Gasteiger partial charge in [0.05, 0.1) is 7.11 Å². The number of carbonyl (C=O) groups excluding carboxylic acids is 1. The topological polar surface area (TPSA) is 47.6 Å². The zero-order valence-corrected chi connectivity index (χ0v) is 12.7. The van der Waals surface area contributed by atoms with Gasteiger partial charge in [0.15, 0.2) is 0 Å². The van der Waals surface area contributed by atoms with Crippen molar-refractivity contribution in [3.8, 4) is 5.75 Å². The third-order valence-electron chi connectivity index (χ3n) is 3.36. The Morgan fingerprint density at radius 3 is 2.85 bits per heavy atom. The van der Waals surface area contributed by atoms with Crippen LogP contribution in [0.25, 0.3) is 0 Å². The minimum atomic E-state index is -0.242. The van der Waals surface area contributed by atoms with E-state index in [1.54, 1.807) is 0 Å². The Labute approximate surface area is 126 Å². The number of rotatable bonds is 5. The molecule has 2 rings (SSSR count). The minimum Gasteiger partial charge on any atom is -0.489 e. The van der Waals surface area contributed by atoms with E-state index in [0.29, 0.717) is 13.0 Å². The molecule has 1 aliphatic rings. The molecule has 1 aromatic rings. The summed E-state index contributed by atoms with van der Waals surface area (Å²) in [7, 11) is 1.41. The molecule has 1 saturated heterocycles. The summed E-state index contributed by atoms with van der Waals surface area (Å²) in [5, 5.41) is 3.13. The molecule has 20 heavy (non-hydrogen) atoms. The van der Waals surface area contributed by atoms with Crippen LogP contribution in [0.5, 0.6) is 5.75 Å². The molecule has 1 aliphatic heterocycles. The maximum atomic E-state index is 11.4. The lowest BCUT2D eigenvalue weighted by Gasteiger charge is -2.16. The van der Waals surface area contributed by atoms with E-state index < -0.39 is 0 Å². The van der Waals surface area contributed by atoms with Crippen LogP contribution in [0.3, 0.4) is 0 Å². The Morgan fingerprint density at radius 2 is 2.15 bits per heavy atom. The zero-order valence-electron chi connectivity index (χ0n) is 11.9. The normalized spacial score (nSPS) is 21.1. The van der Waals surface area contributed by atoms with Crippen molar-refractivity contribution < 1.29 is 14.3 Å². The minimum absolute atomic E-state index is 0. The van der Waals surface area contributed by atoms with Crippen LogP contribution < -0.4 is 10.1 Å². The van der Waals surface area contributed by atoms with Gasteiger partial charge in [-0.15, -0.1) is 12.4 Å². The highest BCUT2D eigenvalue weighted by Gasteiger charge is 2.31. The number of halogens is 1. The van der Waals surface area contributed by atoms with Crippen LogP contribution in [0.4, 0.5) is 0 Å². The number of hydrogen-bond acceptors (Lipinski definition) is 4. The van der Waals surface area contributed by atoms with Gasteiger partial charge in [-0.1, -0.05) is 31.5 Å². The lowest BCUT2D eigenvalue weighted by Crippen LogP contribution is -2.31. The molecule has 0 spiro atoms. The summed E-state index contributed by atoms with van der Waals surface area (Å²) >= 11 is 0. The Morgan fingerprint density at radius 1 is 1.40 bits per heavy atom. The molecule has 1 aromatic carbocycles. The summed E-state index contributed by atoms with van der Waals surface area (Å²) in [5.41, 5.74) is 1.23. The molecule has 0 amide bonds. The van der Waals surface area contributed by atoms with Crippen LogP contribution in [-0.2, 0) is 16.0 Å². The standard InChI is InChI=1S/C15H21NO3.ClH/c1-3-6-11-7-4-5-8-14(11)19-12-9-13(16-10-12)15(17)18-2;/h4-5,7-8,12-13,16H,3,6,9-10H2,1-2H3;1H. The average Bonchev–Trinajstić information content (AvgIpc) is 2.89. The number of para-hydroxylation sites is 1. The van der Waals surface area contributed by atoms with Crippen molar-refractivity contribution in [2.24, 2.45) is 0 Å². The second-order valence-electron chi connectivity index (χ2n) is 4.82. The van der Waals surface area contributed by atoms with Crippen LogP contribution in [0.2, 0.25) is 0 Å². The fourth-order valence-electron chi connectivity index (χ4n) is 2.39. The number of ether oxygens (including phenoxy) is 2. The predicted octanol–water partition coefficient (Wildman–Crippen LogP) is 2.34. The Kier molecular flexibility index (Phi) is 6.82. The summed E-state index contributed by atoms with van der Waals surface area (Å²) < 4.78 is 10.8. The zero-order chi connectivity index (χ0) is 13.7. The first-order chi connectivity index (χ1) is 9.24. The van der Waals surface area contributed by atoms with Gasteiger partial charge in [0.2, 0.25) is 0 Å². The van der Waals surface area contributed by atoms with Gasteiger partial charge in [0.1, 0.15) is 17.9 Å². The van der Waals surface area contributed by atoms with Gasteiger partial charge < -0.3 is 14.8 Å². The smallest absolute Gasteiger partial charge is 0.323 e. The van der Waals surface area contributed by atoms with Gasteiger partial charge in [-0.3, -0.25) is 4.79 Å². The van der Waals surface area contributed by atoms with Gasteiger partial charge in [-0.25, -0.2) is 0 Å². The van der Waals surface area contributed by atoms with Gasteiger partial charge in [0.25, 0.3) is 0 Å². The Balaban J connectivity index is 0.00000200.